The summed E-state index contributed by atoms with van der Waals surface area (Å²) in [7, 11) is 0. The number of hydrogen-bond donors (Lipinski definition) is 2. The van der Waals surface area contributed by atoms with E-state index in [0.717, 1.165) is 0 Å². The summed E-state index contributed by atoms with van der Waals surface area (Å²) < 4.78 is 1.32. The van der Waals surface area contributed by atoms with Crippen LogP contribution in [0.3, 0.4) is 0 Å². The number of aromatic hydroxyl groups is 2. The number of hydrogen-bond acceptors (Lipinski definition) is 2. The summed E-state index contributed by atoms with van der Waals surface area (Å²) in [6, 6.07) is 1.56. The molecule has 0 fully saturated rings. The van der Waals surface area contributed by atoms with Gasteiger partial charge in [0.25, 0.3) is 0 Å². The van der Waals surface area contributed by atoms with Crippen molar-refractivity contribution in [3.63, 3.8) is 0 Å². The number of rotatable bonds is 0. The molecular formula is C6H4Br3NaO2. The molecule has 0 heterocycles. The largest absolute Gasteiger partial charge is 1.00 e. The van der Waals surface area contributed by atoms with E-state index in [2.05, 4.69) is 47.8 Å². The molecule has 1 aromatic rings. The first-order valence-corrected chi connectivity index (χ1v) is 4.97. The van der Waals surface area contributed by atoms with E-state index in [4.69, 9.17) is 0 Å². The van der Waals surface area contributed by atoms with Crippen molar-refractivity contribution in [2.24, 2.45) is 0 Å². The molecule has 0 radical (unpaired) electrons. The van der Waals surface area contributed by atoms with Gasteiger partial charge in [-0.3, -0.25) is 0 Å². The van der Waals surface area contributed by atoms with Crippen LogP contribution in [0.5, 0.6) is 11.5 Å². The van der Waals surface area contributed by atoms with Gasteiger partial charge in [0, 0.05) is 0 Å². The van der Waals surface area contributed by atoms with Crippen molar-refractivity contribution in [3.8, 4) is 11.5 Å². The minimum absolute atomic E-state index is 0. The van der Waals surface area contributed by atoms with E-state index in [1.165, 1.54) is 0 Å². The van der Waals surface area contributed by atoms with Crippen molar-refractivity contribution in [1.29, 1.82) is 0 Å². The van der Waals surface area contributed by atoms with Crippen molar-refractivity contribution < 1.29 is 41.2 Å². The molecule has 12 heavy (non-hydrogen) atoms. The smallest absolute Gasteiger partial charge is 1.00 e. The van der Waals surface area contributed by atoms with Crippen molar-refractivity contribution in [1.82, 2.24) is 0 Å². The molecule has 0 bridgehead atoms. The van der Waals surface area contributed by atoms with Crippen molar-refractivity contribution in [2.45, 2.75) is 0 Å². The molecule has 2 N–H and O–H groups in total. The van der Waals surface area contributed by atoms with Crippen LogP contribution in [0.15, 0.2) is 19.5 Å². The predicted molar refractivity (Wildman–Crippen MR) is 54.0 cm³/mol. The monoisotopic (exact) mass is 368 g/mol. The topological polar surface area (TPSA) is 40.5 Å². The Bertz CT molecular complexity index is 282. The van der Waals surface area contributed by atoms with Crippen LogP contribution in [0, 0.1) is 0 Å². The molecule has 6 heteroatoms. The molecule has 1 rings (SSSR count). The molecule has 0 unspecified atom stereocenters. The predicted octanol–water partition coefficient (Wildman–Crippen LogP) is 0.502. The van der Waals surface area contributed by atoms with Gasteiger partial charge in [0.2, 0.25) is 0 Å². The van der Waals surface area contributed by atoms with Crippen molar-refractivity contribution in [2.75, 3.05) is 0 Å². The van der Waals surface area contributed by atoms with Crippen LogP contribution in [-0.2, 0) is 0 Å². The molecule has 1 aromatic carbocycles. The van der Waals surface area contributed by atoms with Gasteiger partial charge < -0.3 is 11.6 Å². The van der Waals surface area contributed by atoms with E-state index < -0.39 is 0 Å². The molecule has 0 amide bonds. The molecule has 0 aliphatic rings. The van der Waals surface area contributed by atoms with Crippen molar-refractivity contribution in [3.05, 3.63) is 19.5 Å². The molecular weight excluding hydrogens is 367 g/mol. The summed E-state index contributed by atoms with van der Waals surface area (Å²) in [4.78, 5) is 0. The summed E-state index contributed by atoms with van der Waals surface area (Å²) in [5.41, 5.74) is 0. The number of halogens is 3. The summed E-state index contributed by atoms with van der Waals surface area (Å²) >= 11 is 9.24. The Labute approximate surface area is 119 Å². The van der Waals surface area contributed by atoms with Crippen LogP contribution in [0.4, 0.5) is 0 Å². The minimum Gasteiger partial charge on any atom is -1.00 e. The zero-order chi connectivity index (χ0) is 8.59. The van der Waals surface area contributed by atoms with E-state index in [-0.39, 0.29) is 47.0 Å². The second-order valence-corrected chi connectivity index (χ2v) is 4.35. The normalized spacial score (nSPS) is 9.25. The Morgan fingerprint density at radius 3 is 1.67 bits per heavy atom. The van der Waals surface area contributed by atoms with Gasteiger partial charge in [-0.25, -0.2) is 0 Å². The first-order valence-electron chi connectivity index (χ1n) is 2.59. The molecule has 0 spiro atoms. The third-order valence-electron chi connectivity index (χ3n) is 1.12. The minimum atomic E-state index is -0.00861. The average Bonchev–Trinajstić information content (AvgIpc) is 1.97. The maximum absolute atomic E-state index is 9.24. The van der Waals surface area contributed by atoms with Gasteiger partial charge in [-0.15, -0.1) is 0 Å². The Balaban J connectivity index is 0. The third kappa shape index (κ3) is 2.62. The Hall–Kier alpha value is 1.26. The summed E-state index contributed by atoms with van der Waals surface area (Å²) in [6.45, 7) is 0. The van der Waals surface area contributed by atoms with E-state index in [0.29, 0.717) is 8.95 Å². The van der Waals surface area contributed by atoms with Crippen LogP contribution >= 0.6 is 47.8 Å². The van der Waals surface area contributed by atoms with Gasteiger partial charge in [-0.1, -0.05) is 0 Å². The van der Waals surface area contributed by atoms with Crippen LogP contribution in [-0.4, -0.2) is 10.2 Å². The molecule has 0 saturated heterocycles. The number of benzene rings is 1. The summed E-state index contributed by atoms with van der Waals surface area (Å²) in [5.74, 6) is -0.0172. The molecule has 0 saturated carbocycles. The third-order valence-corrected chi connectivity index (χ3v) is 3.08. The van der Waals surface area contributed by atoms with Crippen LogP contribution < -0.4 is 29.6 Å². The van der Waals surface area contributed by atoms with Crippen LogP contribution in [0.25, 0.3) is 0 Å². The molecule has 0 aliphatic carbocycles. The van der Waals surface area contributed by atoms with E-state index in [9.17, 15) is 10.2 Å². The van der Waals surface area contributed by atoms with Crippen molar-refractivity contribution >= 4 is 47.8 Å². The number of phenols is 2. The molecule has 2 nitrogen and oxygen atoms in total. The number of phenolic OH excluding ortho intramolecular Hbond substituents is 2. The first kappa shape index (κ1) is 13.3. The SMILES string of the molecule is Oc1c(Br)cc(Br)c(O)c1Br.[H-].[Na+]. The van der Waals surface area contributed by atoms with E-state index in [1.807, 2.05) is 0 Å². The van der Waals surface area contributed by atoms with Gasteiger partial charge in [-0.05, 0) is 53.9 Å². The van der Waals surface area contributed by atoms with Gasteiger partial charge in [0.1, 0.15) is 16.0 Å². The second kappa shape index (κ2) is 5.22. The van der Waals surface area contributed by atoms with E-state index in [1.54, 1.807) is 6.07 Å². The van der Waals surface area contributed by atoms with E-state index >= 15 is 0 Å². The molecule has 0 aliphatic heterocycles. The van der Waals surface area contributed by atoms with Crippen LogP contribution in [0.1, 0.15) is 1.43 Å². The fourth-order valence-corrected chi connectivity index (χ4v) is 2.69. The molecule has 62 valence electrons. The maximum Gasteiger partial charge on any atom is 1.00 e. The van der Waals surface area contributed by atoms with Crippen LogP contribution in [0.2, 0.25) is 0 Å². The molecule has 0 atom stereocenters. The Morgan fingerprint density at radius 2 is 1.33 bits per heavy atom. The maximum atomic E-state index is 9.24. The fourth-order valence-electron chi connectivity index (χ4n) is 0.570. The van der Waals surface area contributed by atoms with Gasteiger partial charge >= 0.3 is 29.6 Å². The fraction of sp³-hybridized carbons (Fsp3) is 0. The first-order chi connectivity index (χ1) is 5.04. The quantitative estimate of drug-likeness (QED) is 0.653. The Kier molecular flexibility index (Phi) is 5.77. The van der Waals surface area contributed by atoms with Gasteiger partial charge in [-0.2, -0.15) is 0 Å². The zero-order valence-electron chi connectivity index (χ0n) is 7.11. The van der Waals surface area contributed by atoms with Gasteiger partial charge in [0.05, 0.1) is 8.95 Å². The summed E-state index contributed by atoms with van der Waals surface area (Å²) in [6.07, 6.45) is 0. The summed E-state index contributed by atoms with van der Waals surface area (Å²) in [5, 5.41) is 18.5. The molecule has 0 aromatic heterocycles. The second-order valence-electron chi connectivity index (χ2n) is 1.85. The standard InChI is InChI=1S/C6H3Br3O2.Na.H/c7-2-1-3(8)6(11)4(9)5(2)10;;/h1,10-11H;;/q;+1;-1. The Morgan fingerprint density at radius 1 is 1.00 bits per heavy atom. The van der Waals surface area contributed by atoms with Gasteiger partial charge in [0.15, 0.2) is 0 Å². The average molecular weight is 371 g/mol. The zero-order valence-corrected chi connectivity index (χ0v) is 12.9.